The number of pyridine rings is 1. The maximum Gasteiger partial charge on any atom is 0.176 e. The first-order chi connectivity index (χ1) is 6.27. The Hall–Kier alpha value is -0.500. The van der Waals surface area contributed by atoms with Gasteiger partial charge in [0.2, 0.25) is 0 Å². The summed E-state index contributed by atoms with van der Waals surface area (Å²) in [6, 6.07) is 4.43. The molecule has 1 aliphatic heterocycles. The fourth-order valence-electron chi connectivity index (χ4n) is 2.04. The number of hydrogen-bond acceptors (Lipinski definition) is 0. The average Bonchev–Trinajstić information content (AvgIpc) is 2.51. The summed E-state index contributed by atoms with van der Waals surface area (Å²) in [6.45, 7) is 0. The molecule has 1 aliphatic rings. The van der Waals surface area contributed by atoms with Crippen molar-refractivity contribution >= 4 is 10.9 Å². The predicted molar refractivity (Wildman–Crippen MR) is 57.7 cm³/mol. The molecule has 1 fully saturated rings. The van der Waals surface area contributed by atoms with Crippen LogP contribution in [0.1, 0.15) is 23.7 Å². The van der Waals surface area contributed by atoms with Crippen LogP contribution >= 0.6 is 0 Å². The fraction of sp³-hybridized carbons (Fsp3) is 0.545. The molecule has 13 heavy (non-hydrogen) atoms. The van der Waals surface area contributed by atoms with Crippen LogP contribution < -0.4 is 4.57 Å². The molecule has 2 heterocycles. The third-order valence-electron chi connectivity index (χ3n) is 2.75. The van der Waals surface area contributed by atoms with Crippen LogP contribution in [-0.2, 0) is 17.9 Å². The lowest BCUT2D eigenvalue weighted by atomic mass is 10.1. The first-order valence-corrected chi connectivity index (χ1v) is 6.70. The van der Waals surface area contributed by atoms with Gasteiger partial charge in [-0.1, -0.05) is 0 Å². The summed E-state index contributed by atoms with van der Waals surface area (Å²) in [5.41, 5.74) is 1.54. The number of aryl methyl sites for hydroxylation is 1. The van der Waals surface area contributed by atoms with Crippen LogP contribution in [0.2, 0.25) is 0 Å². The molecule has 0 N–H and O–H groups in total. The standard InChI is InChI=1S/C11H17NS/c1-12-7-3-5-10(9-12)11-6-4-8-13(11)2/h3,5,7,9,11H,4,6,8H2,1-2H3/q+2. The first kappa shape index (κ1) is 9.07. The second-order valence-electron chi connectivity index (χ2n) is 3.83. The van der Waals surface area contributed by atoms with E-state index in [1.165, 1.54) is 24.2 Å². The van der Waals surface area contributed by atoms with Gasteiger partial charge in [-0.25, -0.2) is 4.57 Å². The highest BCUT2D eigenvalue weighted by Crippen LogP contribution is 2.33. The Labute approximate surface area is 83.1 Å². The summed E-state index contributed by atoms with van der Waals surface area (Å²) in [5.74, 6) is 1.43. The highest BCUT2D eigenvalue weighted by Gasteiger charge is 2.34. The second kappa shape index (κ2) is 3.70. The number of hydrogen-bond donors (Lipinski definition) is 0. The summed E-state index contributed by atoms with van der Waals surface area (Å²) < 4.78 is 2.16. The lowest BCUT2D eigenvalue weighted by Crippen LogP contribution is -2.27. The molecule has 1 saturated heterocycles. The van der Waals surface area contributed by atoms with Gasteiger partial charge in [0.1, 0.15) is 18.1 Å². The van der Waals surface area contributed by atoms with Crippen molar-refractivity contribution in [2.24, 2.45) is 7.05 Å². The molecule has 1 aromatic rings. The van der Waals surface area contributed by atoms with Crippen LogP contribution in [0, 0.1) is 0 Å². The van der Waals surface area contributed by atoms with Gasteiger partial charge >= 0.3 is 0 Å². The van der Waals surface area contributed by atoms with Gasteiger partial charge in [-0.15, -0.1) is 0 Å². The minimum absolute atomic E-state index is 0.617. The molecular formula is C11H17NS+2. The van der Waals surface area contributed by atoms with Crippen molar-refractivity contribution < 1.29 is 4.57 Å². The van der Waals surface area contributed by atoms with Crippen LogP contribution in [0.5, 0.6) is 0 Å². The van der Waals surface area contributed by atoms with Crippen molar-refractivity contribution in [2.75, 3.05) is 12.0 Å². The molecule has 0 saturated carbocycles. The van der Waals surface area contributed by atoms with E-state index in [0.29, 0.717) is 10.9 Å². The van der Waals surface area contributed by atoms with E-state index in [-0.39, 0.29) is 0 Å². The molecule has 0 radical (unpaired) electrons. The van der Waals surface area contributed by atoms with Crippen molar-refractivity contribution in [3.05, 3.63) is 30.1 Å². The van der Waals surface area contributed by atoms with Gasteiger partial charge < -0.3 is 0 Å². The molecule has 70 valence electrons. The largest absolute Gasteiger partial charge is 0.207 e. The molecule has 2 heteroatoms. The zero-order valence-electron chi connectivity index (χ0n) is 8.36. The van der Waals surface area contributed by atoms with Crippen molar-refractivity contribution in [1.82, 2.24) is 0 Å². The van der Waals surface area contributed by atoms with E-state index in [1.807, 2.05) is 0 Å². The Balaban J connectivity index is 2.24. The highest BCUT2D eigenvalue weighted by molar-refractivity contribution is 7.96. The number of aromatic nitrogens is 1. The zero-order chi connectivity index (χ0) is 9.26. The Kier molecular flexibility index (Phi) is 2.58. The number of rotatable bonds is 1. The van der Waals surface area contributed by atoms with Gasteiger partial charge in [0, 0.05) is 12.5 Å². The van der Waals surface area contributed by atoms with Crippen molar-refractivity contribution in [3.8, 4) is 0 Å². The summed E-state index contributed by atoms with van der Waals surface area (Å²) in [5, 5.41) is 0.840. The lowest BCUT2D eigenvalue weighted by Gasteiger charge is -2.05. The molecule has 0 spiro atoms. The minimum Gasteiger partial charge on any atom is -0.207 e. The third-order valence-corrected chi connectivity index (χ3v) is 5.16. The second-order valence-corrected chi connectivity index (χ2v) is 6.19. The topological polar surface area (TPSA) is 3.88 Å². The molecule has 1 aromatic heterocycles. The fourth-order valence-corrected chi connectivity index (χ4v) is 4.12. The molecule has 2 unspecified atom stereocenters. The number of nitrogens with zero attached hydrogens (tertiary/aromatic N) is 1. The van der Waals surface area contributed by atoms with Crippen molar-refractivity contribution in [2.45, 2.75) is 18.1 Å². The maximum atomic E-state index is 2.41. The first-order valence-electron chi connectivity index (χ1n) is 4.84. The Morgan fingerprint density at radius 3 is 3.00 bits per heavy atom. The molecular weight excluding hydrogens is 178 g/mol. The SMILES string of the molecule is C[n+]1cccc(C2CCC[S+]2C)c1. The van der Waals surface area contributed by atoms with Crippen molar-refractivity contribution in [1.29, 1.82) is 0 Å². The molecule has 0 bridgehead atoms. The van der Waals surface area contributed by atoms with E-state index >= 15 is 0 Å². The normalized spacial score (nSPS) is 27.8. The highest BCUT2D eigenvalue weighted by atomic mass is 32.2. The van der Waals surface area contributed by atoms with Gasteiger partial charge in [0.05, 0.1) is 11.8 Å². The Bertz CT molecular complexity index is 298. The van der Waals surface area contributed by atoms with E-state index in [0.717, 1.165) is 5.25 Å². The molecule has 0 aliphatic carbocycles. The van der Waals surface area contributed by atoms with Crippen LogP contribution in [0.15, 0.2) is 24.5 Å². The predicted octanol–water partition coefficient (Wildman–Crippen LogP) is 1.59. The molecule has 2 atom stereocenters. The van der Waals surface area contributed by atoms with E-state index in [9.17, 15) is 0 Å². The third kappa shape index (κ3) is 1.88. The van der Waals surface area contributed by atoms with E-state index in [1.54, 1.807) is 0 Å². The van der Waals surface area contributed by atoms with Crippen molar-refractivity contribution in [3.63, 3.8) is 0 Å². The smallest absolute Gasteiger partial charge is 0.176 e. The summed E-state index contributed by atoms with van der Waals surface area (Å²) in [6.07, 6.45) is 9.60. The quantitative estimate of drug-likeness (QED) is 0.473. The van der Waals surface area contributed by atoms with Gasteiger partial charge in [-0.2, -0.15) is 0 Å². The minimum atomic E-state index is 0.617. The van der Waals surface area contributed by atoms with Gasteiger partial charge in [0.15, 0.2) is 12.4 Å². The van der Waals surface area contributed by atoms with Gasteiger partial charge in [0.25, 0.3) is 0 Å². The van der Waals surface area contributed by atoms with Crippen LogP contribution in [0.3, 0.4) is 0 Å². The molecule has 1 nitrogen and oxygen atoms in total. The monoisotopic (exact) mass is 195 g/mol. The molecule has 0 aromatic carbocycles. The lowest BCUT2D eigenvalue weighted by molar-refractivity contribution is -0.671. The van der Waals surface area contributed by atoms with E-state index in [2.05, 4.69) is 42.4 Å². The van der Waals surface area contributed by atoms with Crippen LogP contribution in [0.25, 0.3) is 0 Å². The summed E-state index contributed by atoms with van der Waals surface area (Å²) in [7, 11) is 2.72. The van der Waals surface area contributed by atoms with Gasteiger partial charge in [-0.3, -0.25) is 0 Å². The van der Waals surface area contributed by atoms with E-state index in [4.69, 9.17) is 0 Å². The summed E-state index contributed by atoms with van der Waals surface area (Å²) in [4.78, 5) is 0. The Morgan fingerprint density at radius 1 is 1.54 bits per heavy atom. The molecule has 2 rings (SSSR count). The molecule has 0 amide bonds. The summed E-state index contributed by atoms with van der Waals surface area (Å²) >= 11 is 0. The average molecular weight is 195 g/mol. The zero-order valence-corrected chi connectivity index (χ0v) is 9.18. The Morgan fingerprint density at radius 2 is 2.38 bits per heavy atom. The van der Waals surface area contributed by atoms with Gasteiger partial charge in [-0.05, 0) is 23.4 Å². The van der Waals surface area contributed by atoms with E-state index < -0.39 is 0 Å². The van der Waals surface area contributed by atoms with Crippen LogP contribution in [0.4, 0.5) is 0 Å². The maximum absolute atomic E-state index is 2.41. The van der Waals surface area contributed by atoms with Crippen LogP contribution in [-0.4, -0.2) is 12.0 Å².